The molecule has 0 aliphatic rings. The van der Waals surface area contributed by atoms with Crippen LogP contribution >= 0.6 is 7.26 Å². The molecule has 1 nitrogen and oxygen atoms in total. The molecule has 0 aliphatic carbocycles. The van der Waals surface area contributed by atoms with Crippen LogP contribution in [0.2, 0.25) is 0 Å². The average molecular weight is 482 g/mol. The van der Waals surface area contributed by atoms with E-state index >= 15 is 0 Å². The van der Waals surface area contributed by atoms with Crippen LogP contribution in [0.3, 0.4) is 0 Å². The molecule has 0 N–H and O–H groups in total. The molecule has 180 valence electrons. The summed E-state index contributed by atoms with van der Waals surface area (Å²) in [5.74, 6) is 1.62. The number of hydrogen-bond acceptors (Lipinski definition) is 1. The van der Waals surface area contributed by atoms with E-state index in [9.17, 15) is 0 Å². The molecule has 0 radical (unpaired) electrons. The summed E-state index contributed by atoms with van der Waals surface area (Å²) < 4.78 is 6.20. The first-order chi connectivity index (χ1) is 17.3. The van der Waals surface area contributed by atoms with Gasteiger partial charge in [-0.05, 0) is 66.4 Å². The molecule has 0 aliphatic heterocycles. The Labute approximate surface area is 212 Å². The molecule has 35 heavy (non-hydrogen) atoms. The lowest BCUT2D eigenvalue weighted by molar-refractivity contribution is 0.233. The minimum absolute atomic E-state index is 0.641. The Bertz CT molecular complexity index is 1030. The molecular weight excluding hydrogens is 443 g/mol. The molecule has 0 heterocycles. The summed E-state index contributed by atoms with van der Waals surface area (Å²) in [6.45, 7) is 5.34. The summed E-state index contributed by atoms with van der Waals surface area (Å²) in [5.41, 5.74) is 1.35. The van der Waals surface area contributed by atoms with Gasteiger partial charge >= 0.3 is 0 Å². The highest BCUT2D eigenvalue weighted by Gasteiger charge is 2.45. The van der Waals surface area contributed by atoms with Crippen molar-refractivity contribution in [3.63, 3.8) is 0 Å². The van der Waals surface area contributed by atoms with Crippen LogP contribution in [0, 0.1) is 5.92 Å². The fourth-order valence-corrected chi connectivity index (χ4v) is 9.09. The van der Waals surface area contributed by atoms with E-state index < -0.39 is 7.26 Å². The monoisotopic (exact) mass is 481 g/mol. The van der Waals surface area contributed by atoms with Crippen LogP contribution in [0.15, 0.2) is 115 Å². The van der Waals surface area contributed by atoms with E-state index in [1.165, 1.54) is 47.2 Å². The third-order valence-corrected chi connectivity index (χ3v) is 11.3. The Kier molecular flexibility index (Phi) is 9.15. The van der Waals surface area contributed by atoms with Gasteiger partial charge in [0.2, 0.25) is 0 Å². The summed E-state index contributed by atoms with van der Waals surface area (Å²) in [5, 5.41) is 4.25. The topological polar surface area (TPSA) is 9.23 Å². The number of rotatable bonds is 12. The fraction of sp³-hybridized carbons (Fsp3) is 0.273. The summed E-state index contributed by atoms with van der Waals surface area (Å²) >= 11 is 0. The molecule has 1 atom stereocenters. The first-order valence-corrected chi connectivity index (χ1v) is 15.0. The van der Waals surface area contributed by atoms with Gasteiger partial charge in [-0.2, -0.15) is 0 Å². The molecule has 1 unspecified atom stereocenters. The molecule has 0 saturated carbocycles. The number of unbranched alkanes of at least 4 members (excludes halogenated alkanes) is 1. The summed E-state index contributed by atoms with van der Waals surface area (Å²) in [7, 11) is -1.88. The molecule has 0 fully saturated rings. The predicted octanol–water partition coefficient (Wildman–Crippen LogP) is 7.78. The van der Waals surface area contributed by atoms with E-state index in [4.69, 9.17) is 4.74 Å². The highest BCUT2D eigenvalue weighted by Crippen LogP contribution is 2.58. The van der Waals surface area contributed by atoms with Crippen molar-refractivity contribution in [1.82, 2.24) is 0 Å². The molecule has 0 aromatic heterocycles. The Morgan fingerprint density at radius 2 is 1.11 bits per heavy atom. The van der Waals surface area contributed by atoms with Gasteiger partial charge < -0.3 is 4.74 Å². The SMILES string of the molecule is CCCCC(CC)COc1ccc(C[P+](c2ccccc2)(c2ccccc2)c2ccccc2)cc1. The zero-order valence-corrected chi connectivity index (χ0v) is 22.0. The molecule has 0 bridgehead atoms. The summed E-state index contributed by atoms with van der Waals surface area (Å²) in [6, 6.07) is 42.1. The maximum absolute atomic E-state index is 6.20. The van der Waals surface area contributed by atoms with Crippen LogP contribution < -0.4 is 20.7 Å². The van der Waals surface area contributed by atoms with E-state index in [1.807, 2.05) is 0 Å². The van der Waals surface area contributed by atoms with Gasteiger partial charge in [-0.3, -0.25) is 0 Å². The van der Waals surface area contributed by atoms with Gasteiger partial charge in [-0.1, -0.05) is 99.8 Å². The third kappa shape index (κ3) is 6.22. The summed E-state index contributed by atoms with van der Waals surface area (Å²) in [4.78, 5) is 0. The lowest BCUT2D eigenvalue weighted by Crippen LogP contribution is -2.32. The number of ether oxygens (including phenoxy) is 1. The molecule has 0 amide bonds. The highest BCUT2D eigenvalue weighted by atomic mass is 31.2. The minimum atomic E-state index is -1.88. The zero-order chi connectivity index (χ0) is 24.3. The van der Waals surface area contributed by atoms with Crippen molar-refractivity contribution in [3.05, 3.63) is 121 Å². The maximum atomic E-state index is 6.20. The van der Waals surface area contributed by atoms with Crippen molar-refractivity contribution >= 4 is 23.2 Å². The second kappa shape index (κ2) is 12.7. The summed E-state index contributed by atoms with van der Waals surface area (Å²) in [6.07, 6.45) is 5.95. The first-order valence-electron chi connectivity index (χ1n) is 13.0. The van der Waals surface area contributed by atoms with E-state index in [0.717, 1.165) is 18.5 Å². The maximum Gasteiger partial charge on any atom is 0.119 e. The second-order valence-electron chi connectivity index (χ2n) is 9.35. The third-order valence-electron chi connectivity index (χ3n) is 6.96. The molecule has 0 spiro atoms. The van der Waals surface area contributed by atoms with Gasteiger partial charge in [0.1, 0.15) is 28.9 Å². The minimum Gasteiger partial charge on any atom is -0.493 e. The Morgan fingerprint density at radius 1 is 0.629 bits per heavy atom. The highest BCUT2D eigenvalue weighted by molar-refractivity contribution is 7.95. The smallest absolute Gasteiger partial charge is 0.119 e. The van der Waals surface area contributed by atoms with Crippen molar-refractivity contribution < 1.29 is 4.74 Å². The lowest BCUT2D eigenvalue weighted by atomic mass is 10.0. The molecule has 4 aromatic carbocycles. The van der Waals surface area contributed by atoms with Crippen molar-refractivity contribution in [2.45, 2.75) is 45.7 Å². The quantitative estimate of drug-likeness (QED) is 0.188. The predicted molar refractivity (Wildman–Crippen MR) is 154 cm³/mol. The van der Waals surface area contributed by atoms with Crippen LogP contribution in [-0.2, 0) is 6.16 Å². The molecule has 4 rings (SSSR count). The van der Waals surface area contributed by atoms with Crippen LogP contribution in [0.5, 0.6) is 5.75 Å². The van der Waals surface area contributed by atoms with Gasteiger partial charge in [0.05, 0.1) is 12.8 Å². The van der Waals surface area contributed by atoms with Gasteiger partial charge in [-0.15, -0.1) is 0 Å². The van der Waals surface area contributed by atoms with Crippen molar-refractivity contribution in [2.24, 2.45) is 5.92 Å². The van der Waals surface area contributed by atoms with Crippen molar-refractivity contribution in [1.29, 1.82) is 0 Å². The molecule has 0 saturated heterocycles. The Hall–Kier alpha value is -2.89. The van der Waals surface area contributed by atoms with E-state index in [0.29, 0.717) is 5.92 Å². The van der Waals surface area contributed by atoms with Gasteiger partial charge in [0, 0.05) is 0 Å². The van der Waals surface area contributed by atoms with Gasteiger partial charge in [0.15, 0.2) is 0 Å². The number of hydrogen-bond donors (Lipinski definition) is 0. The molecule has 4 aromatic rings. The standard InChI is InChI=1S/C33H38OP/c1-3-5-15-28(4-2)26-34-30-24-22-29(23-25-30)27-35(31-16-9-6-10-17-31,32-18-11-7-12-19-32)33-20-13-8-14-21-33/h6-14,16-25,28H,3-5,15,26-27H2,1-2H3/q+1. The first kappa shape index (κ1) is 25.2. The van der Waals surface area contributed by atoms with E-state index in [-0.39, 0.29) is 0 Å². The van der Waals surface area contributed by atoms with Crippen LogP contribution in [0.25, 0.3) is 0 Å². The zero-order valence-electron chi connectivity index (χ0n) is 21.1. The van der Waals surface area contributed by atoms with Gasteiger partial charge in [-0.25, -0.2) is 0 Å². The average Bonchev–Trinajstić information content (AvgIpc) is 2.94. The van der Waals surface area contributed by atoms with Crippen LogP contribution in [0.4, 0.5) is 0 Å². The van der Waals surface area contributed by atoms with E-state index in [2.05, 4.69) is 129 Å². The van der Waals surface area contributed by atoms with Crippen LogP contribution in [0.1, 0.15) is 45.1 Å². The van der Waals surface area contributed by atoms with Crippen molar-refractivity contribution in [3.8, 4) is 5.75 Å². The lowest BCUT2D eigenvalue weighted by Gasteiger charge is -2.28. The molecular formula is C33H38OP+. The van der Waals surface area contributed by atoms with Gasteiger partial charge in [0.25, 0.3) is 0 Å². The van der Waals surface area contributed by atoms with Crippen molar-refractivity contribution in [2.75, 3.05) is 6.61 Å². The van der Waals surface area contributed by atoms with Crippen LogP contribution in [-0.4, -0.2) is 6.61 Å². The second-order valence-corrected chi connectivity index (χ2v) is 12.8. The van der Waals surface area contributed by atoms with E-state index in [1.54, 1.807) is 0 Å². The fourth-order valence-electron chi connectivity index (χ4n) is 4.85. The normalized spacial score (nSPS) is 12.3. The largest absolute Gasteiger partial charge is 0.493 e. The number of benzene rings is 4. The molecule has 2 heteroatoms. The Morgan fingerprint density at radius 3 is 1.54 bits per heavy atom. The Balaban J connectivity index is 1.66.